The first-order chi connectivity index (χ1) is 16.8. The summed E-state index contributed by atoms with van der Waals surface area (Å²) in [6, 6.07) is 11.8. The van der Waals surface area contributed by atoms with Crippen molar-refractivity contribution in [3.63, 3.8) is 0 Å². The molecule has 4 aromatic rings. The minimum absolute atomic E-state index is 0.0170. The van der Waals surface area contributed by atoms with Crippen molar-refractivity contribution in [3.8, 4) is 17.4 Å². The Kier molecular flexibility index (Phi) is 5.99. The number of halogens is 1. The van der Waals surface area contributed by atoms with Crippen molar-refractivity contribution in [1.29, 1.82) is 0 Å². The van der Waals surface area contributed by atoms with Crippen molar-refractivity contribution in [2.75, 3.05) is 25.5 Å². The number of nitrogens with zero attached hydrogens (tertiary/aromatic N) is 3. The second-order valence-electron chi connectivity index (χ2n) is 8.02. The lowest BCUT2D eigenvalue weighted by molar-refractivity contribution is -0.121. The van der Waals surface area contributed by atoms with Crippen molar-refractivity contribution >= 4 is 32.9 Å². The number of carbonyl (C=O) groups excluding carboxylic acids is 1. The summed E-state index contributed by atoms with van der Waals surface area (Å²) in [5.41, 5.74) is 0.538. The molecule has 5 rings (SSSR count). The van der Waals surface area contributed by atoms with Gasteiger partial charge in [0, 0.05) is 24.4 Å². The van der Waals surface area contributed by atoms with E-state index in [4.69, 9.17) is 13.6 Å². The van der Waals surface area contributed by atoms with E-state index < -0.39 is 21.8 Å². The number of fused-ring (bicyclic) bond motifs is 1. The van der Waals surface area contributed by atoms with Crippen molar-refractivity contribution < 1.29 is 31.2 Å². The number of sulfonamides is 1. The Labute approximate surface area is 199 Å². The molecule has 0 saturated carbocycles. The van der Waals surface area contributed by atoms with Crippen molar-refractivity contribution in [2.45, 2.75) is 17.7 Å². The normalized spacial score (nSPS) is 15.4. The van der Waals surface area contributed by atoms with Gasteiger partial charge in [-0.15, -0.1) is 5.10 Å². The number of ether oxygens (including phenoxy) is 1. The third kappa shape index (κ3) is 4.49. The number of hydrogen-bond donors (Lipinski definition) is 1. The molecule has 0 unspecified atom stereocenters. The number of hydrogen-bond acceptors (Lipinski definition) is 8. The van der Waals surface area contributed by atoms with Gasteiger partial charge in [0.05, 0.1) is 12.0 Å². The highest BCUT2D eigenvalue weighted by atomic mass is 32.2. The van der Waals surface area contributed by atoms with Crippen LogP contribution in [0, 0.1) is 11.7 Å². The highest BCUT2D eigenvalue weighted by molar-refractivity contribution is 7.89. The maximum atomic E-state index is 13.1. The zero-order valence-corrected chi connectivity index (χ0v) is 19.4. The molecule has 1 N–H and O–H groups in total. The van der Waals surface area contributed by atoms with Crippen LogP contribution in [0.2, 0.25) is 0 Å². The summed E-state index contributed by atoms with van der Waals surface area (Å²) >= 11 is 0. The Morgan fingerprint density at radius 2 is 1.86 bits per heavy atom. The Morgan fingerprint density at radius 1 is 1.11 bits per heavy atom. The molecule has 1 aliphatic heterocycles. The number of carbonyl (C=O) groups is 1. The van der Waals surface area contributed by atoms with E-state index in [1.54, 1.807) is 19.2 Å². The van der Waals surface area contributed by atoms with E-state index in [-0.39, 0.29) is 35.8 Å². The van der Waals surface area contributed by atoms with Gasteiger partial charge in [0.2, 0.25) is 15.9 Å². The smallest absolute Gasteiger partial charge is 0.322 e. The minimum atomic E-state index is -3.76. The molecule has 2 aromatic carbocycles. The maximum Gasteiger partial charge on any atom is 0.322 e. The quantitative estimate of drug-likeness (QED) is 0.425. The van der Waals surface area contributed by atoms with E-state index in [2.05, 4.69) is 15.5 Å². The first-order valence-corrected chi connectivity index (χ1v) is 12.3. The lowest BCUT2D eigenvalue weighted by Gasteiger charge is -2.30. The molecule has 0 atom stereocenters. The van der Waals surface area contributed by atoms with Gasteiger partial charge in [0.15, 0.2) is 17.1 Å². The van der Waals surface area contributed by atoms with Gasteiger partial charge >= 0.3 is 6.01 Å². The molecule has 12 heteroatoms. The topological polar surface area (TPSA) is 128 Å². The van der Waals surface area contributed by atoms with Gasteiger partial charge in [-0.25, -0.2) is 12.8 Å². The number of piperidine rings is 1. The van der Waals surface area contributed by atoms with Gasteiger partial charge in [0.25, 0.3) is 5.89 Å². The minimum Gasteiger partial charge on any atom is -0.493 e. The molecule has 3 heterocycles. The van der Waals surface area contributed by atoms with E-state index in [1.807, 2.05) is 12.1 Å². The number of nitrogens with one attached hydrogen (secondary N) is 1. The monoisotopic (exact) mass is 500 g/mol. The van der Waals surface area contributed by atoms with Crippen LogP contribution in [-0.4, -0.2) is 49.0 Å². The van der Waals surface area contributed by atoms with Gasteiger partial charge in [-0.1, -0.05) is 17.2 Å². The first kappa shape index (κ1) is 23.0. The fourth-order valence-electron chi connectivity index (χ4n) is 4.00. The highest BCUT2D eigenvalue weighted by Gasteiger charge is 2.32. The van der Waals surface area contributed by atoms with Crippen LogP contribution in [0.3, 0.4) is 0 Å². The lowest BCUT2D eigenvalue weighted by Crippen LogP contribution is -2.41. The molecule has 0 aliphatic carbocycles. The number of anilines is 1. The van der Waals surface area contributed by atoms with Crippen LogP contribution >= 0.6 is 0 Å². The highest BCUT2D eigenvalue weighted by Crippen LogP contribution is 2.33. The van der Waals surface area contributed by atoms with Crippen LogP contribution < -0.4 is 10.1 Å². The number of aromatic nitrogens is 2. The molecule has 1 aliphatic rings. The predicted molar refractivity (Wildman–Crippen MR) is 123 cm³/mol. The molecule has 0 spiro atoms. The summed E-state index contributed by atoms with van der Waals surface area (Å²) < 4.78 is 56.6. The van der Waals surface area contributed by atoms with Gasteiger partial charge < -0.3 is 13.6 Å². The third-order valence-corrected chi connectivity index (χ3v) is 7.78. The summed E-state index contributed by atoms with van der Waals surface area (Å²) in [5, 5.41) is 11.2. The van der Waals surface area contributed by atoms with Crippen molar-refractivity contribution in [1.82, 2.24) is 14.5 Å². The summed E-state index contributed by atoms with van der Waals surface area (Å²) in [6.45, 7) is 0.321. The predicted octanol–water partition coefficient (Wildman–Crippen LogP) is 3.67. The van der Waals surface area contributed by atoms with Gasteiger partial charge in [-0.05, 0) is 49.2 Å². The molecule has 35 heavy (non-hydrogen) atoms. The number of rotatable bonds is 6. The molecular weight excluding hydrogens is 479 g/mol. The first-order valence-electron chi connectivity index (χ1n) is 10.8. The van der Waals surface area contributed by atoms with Gasteiger partial charge in [-0.3, -0.25) is 10.1 Å². The van der Waals surface area contributed by atoms with Crippen molar-refractivity contribution in [3.05, 3.63) is 54.3 Å². The number of benzene rings is 2. The van der Waals surface area contributed by atoms with Crippen molar-refractivity contribution in [2.24, 2.45) is 5.92 Å². The summed E-state index contributed by atoms with van der Waals surface area (Å²) in [4.78, 5) is 12.7. The lowest BCUT2D eigenvalue weighted by atomic mass is 9.97. The molecule has 1 amide bonds. The van der Waals surface area contributed by atoms with Crippen LogP contribution in [0.25, 0.3) is 22.6 Å². The molecular formula is C23H21FN4O6S. The van der Waals surface area contributed by atoms with E-state index in [0.717, 1.165) is 17.5 Å². The Bertz CT molecular complexity index is 1470. The average molecular weight is 501 g/mol. The largest absolute Gasteiger partial charge is 0.493 e. The maximum absolute atomic E-state index is 13.1. The second-order valence-corrected chi connectivity index (χ2v) is 9.96. The number of amides is 1. The summed E-state index contributed by atoms with van der Waals surface area (Å²) in [5.74, 6) is -0.292. The fourth-order valence-corrected chi connectivity index (χ4v) is 5.47. The van der Waals surface area contributed by atoms with E-state index in [0.29, 0.717) is 29.9 Å². The SMILES string of the molecule is COc1cccc2cc(-c3nnc(NC(=O)C4CCN(S(=O)(=O)c5ccc(F)cc5)CC4)o3)oc12. The molecule has 182 valence electrons. The van der Waals surface area contributed by atoms with Crippen LogP contribution in [0.4, 0.5) is 10.4 Å². The van der Waals surface area contributed by atoms with E-state index in [1.165, 1.54) is 16.4 Å². The standard InChI is InChI=1S/C23H21FN4O6S/c1-32-18-4-2-3-15-13-19(33-20(15)18)22-26-27-23(34-22)25-21(29)14-9-11-28(12-10-14)35(30,31)17-7-5-16(24)6-8-17/h2-8,13-14H,9-12H2,1H3,(H,25,27,29). The van der Waals surface area contributed by atoms with Crippen LogP contribution in [0.15, 0.2) is 62.3 Å². The second kappa shape index (κ2) is 9.12. The average Bonchev–Trinajstić information content (AvgIpc) is 3.51. The Hall–Kier alpha value is -3.77. The van der Waals surface area contributed by atoms with Gasteiger partial charge in [-0.2, -0.15) is 4.31 Å². The van der Waals surface area contributed by atoms with Gasteiger partial charge in [0.1, 0.15) is 5.82 Å². The third-order valence-electron chi connectivity index (χ3n) is 5.87. The summed E-state index contributed by atoms with van der Waals surface area (Å²) in [6.07, 6.45) is 0.632. The zero-order chi connectivity index (χ0) is 24.6. The van der Waals surface area contributed by atoms with Crippen LogP contribution in [-0.2, 0) is 14.8 Å². The molecule has 0 radical (unpaired) electrons. The molecule has 0 bridgehead atoms. The summed E-state index contributed by atoms with van der Waals surface area (Å²) in [7, 11) is -2.21. The number of methoxy groups -OCH3 is 1. The molecule has 10 nitrogen and oxygen atoms in total. The number of furan rings is 1. The molecule has 1 fully saturated rings. The Morgan fingerprint density at radius 3 is 2.57 bits per heavy atom. The fraction of sp³-hybridized carbons (Fsp3) is 0.261. The zero-order valence-electron chi connectivity index (χ0n) is 18.6. The van der Waals surface area contributed by atoms with E-state index >= 15 is 0 Å². The van der Waals surface area contributed by atoms with E-state index in [9.17, 15) is 17.6 Å². The molecule has 1 saturated heterocycles. The number of para-hydroxylation sites is 1. The Balaban J connectivity index is 1.22. The van der Waals surface area contributed by atoms with Crippen LogP contribution in [0.1, 0.15) is 12.8 Å². The van der Waals surface area contributed by atoms with Crippen LogP contribution in [0.5, 0.6) is 5.75 Å². The molecule has 2 aromatic heterocycles.